The smallest absolute Gasteiger partial charge is 0.213 e. The lowest BCUT2D eigenvalue weighted by atomic mass is 9.93. The Kier molecular flexibility index (Phi) is 5.16. The van der Waals surface area contributed by atoms with Gasteiger partial charge in [-0.3, -0.25) is 4.90 Å². The van der Waals surface area contributed by atoms with Gasteiger partial charge in [0.1, 0.15) is 0 Å². The van der Waals surface area contributed by atoms with Crippen LogP contribution in [0.4, 0.5) is 0 Å². The number of rotatable bonds is 5. The van der Waals surface area contributed by atoms with Crippen molar-refractivity contribution in [2.45, 2.75) is 32.9 Å². The molecule has 1 aromatic rings. The Balaban J connectivity index is 1.90. The minimum Gasteiger partial charge on any atom is -0.481 e. The second-order valence-corrected chi connectivity index (χ2v) is 5.37. The Morgan fingerprint density at radius 3 is 3.05 bits per heavy atom. The summed E-state index contributed by atoms with van der Waals surface area (Å²) >= 11 is 0. The number of hydrogen-bond donors (Lipinski definition) is 1. The molecule has 1 aliphatic rings. The number of hydrogen-bond acceptors (Lipinski definition) is 4. The molecule has 2 heterocycles. The van der Waals surface area contributed by atoms with Gasteiger partial charge in [-0.2, -0.15) is 0 Å². The van der Waals surface area contributed by atoms with Gasteiger partial charge in [0.2, 0.25) is 5.88 Å². The highest BCUT2D eigenvalue weighted by molar-refractivity contribution is 5.20. The van der Waals surface area contributed by atoms with E-state index in [0.717, 1.165) is 26.2 Å². The first kappa shape index (κ1) is 14.3. The highest BCUT2D eigenvalue weighted by Gasteiger charge is 2.25. The largest absolute Gasteiger partial charge is 0.481 e. The molecule has 19 heavy (non-hydrogen) atoms. The van der Waals surface area contributed by atoms with Gasteiger partial charge in [-0.25, -0.2) is 4.98 Å². The second-order valence-electron chi connectivity index (χ2n) is 5.37. The van der Waals surface area contributed by atoms with Crippen molar-refractivity contribution < 1.29 is 4.74 Å². The Morgan fingerprint density at radius 1 is 1.53 bits per heavy atom. The van der Waals surface area contributed by atoms with E-state index in [2.05, 4.69) is 35.1 Å². The van der Waals surface area contributed by atoms with Crippen LogP contribution in [0.15, 0.2) is 18.3 Å². The normalized spacial score (nSPS) is 24.4. The molecule has 0 amide bonds. The molecule has 2 rings (SSSR count). The molecule has 2 atom stereocenters. The summed E-state index contributed by atoms with van der Waals surface area (Å²) in [6.45, 7) is 8.89. The van der Waals surface area contributed by atoms with Crippen molar-refractivity contribution in [1.82, 2.24) is 15.2 Å². The van der Waals surface area contributed by atoms with E-state index in [9.17, 15) is 0 Å². The maximum atomic E-state index is 5.17. The van der Waals surface area contributed by atoms with Gasteiger partial charge >= 0.3 is 0 Å². The zero-order valence-electron chi connectivity index (χ0n) is 12.2. The van der Waals surface area contributed by atoms with Crippen molar-refractivity contribution in [3.05, 3.63) is 23.9 Å². The van der Waals surface area contributed by atoms with Crippen LogP contribution >= 0.6 is 0 Å². The van der Waals surface area contributed by atoms with Crippen LogP contribution in [0.25, 0.3) is 0 Å². The first-order valence-electron chi connectivity index (χ1n) is 7.17. The molecule has 1 fully saturated rings. The van der Waals surface area contributed by atoms with Gasteiger partial charge in [-0.05, 0) is 37.1 Å². The van der Waals surface area contributed by atoms with Crippen molar-refractivity contribution >= 4 is 0 Å². The van der Waals surface area contributed by atoms with Crippen molar-refractivity contribution in [3.8, 4) is 5.88 Å². The molecule has 0 spiro atoms. The molecule has 0 aliphatic carbocycles. The van der Waals surface area contributed by atoms with Crippen LogP contribution in [0, 0.1) is 5.92 Å². The summed E-state index contributed by atoms with van der Waals surface area (Å²) < 4.78 is 5.17. The Bertz CT molecular complexity index is 397. The fraction of sp³-hybridized carbons (Fsp3) is 0.667. The molecule has 1 N–H and O–H groups in total. The average molecular weight is 263 g/mol. The summed E-state index contributed by atoms with van der Waals surface area (Å²) in [6.07, 6.45) is 3.06. The number of methoxy groups -OCH3 is 1. The standard InChI is InChI=1S/C15H25N3O/c1-4-16-14-6-8-18(10-12(14)2)11-13-5-7-17-15(9-13)19-3/h5,7,9,12,14,16H,4,6,8,10-11H2,1-3H3. The SMILES string of the molecule is CCNC1CCN(Cc2ccnc(OC)c2)CC1C. The minimum atomic E-state index is 0.674. The molecule has 0 bridgehead atoms. The van der Waals surface area contributed by atoms with E-state index in [4.69, 9.17) is 4.74 Å². The van der Waals surface area contributed by atoms with Crippen molar-refractivity contribution in [2.75, 3.05) is 26.7 Å². The lowest BCUT2D eigenvalue weighted by molar-refractivity contribution is 0.142. The van der Waals surface area contributed by atoms with Gasteiger partial charge in [-0.1, -0.05) is 13.8 Å². The average Bonchev–Trinajstić information content (AvgIpc) is 2.42. The fourth-order valence-electron chi connectivity index (χ4n) is 2.86. The first-order valence-corrected chi connectivity index (χ1v) is 7.17. The minimum absolute atomic E-state index is 0.674. The number of aromatic nitrogens is 1. The molecular weight excluding hydrogens is 238 g/mol. The van der Waals surface area contributed by atoms with Gasteiger partial charge in [-0.15, -0.1) is 0 Å². The van der Waals surface area contributed by atoms with Crippen molar-refractivity contribution in [2.24, 2.45) is 5.92 Å². The summed E-state index contributed by atoms with van der Waals surface area (Å²) in [7, 11) is 1.66. The lowest BCUT2D eigenvalue weighted by Gasteiger charge is -2.37. The topological polar surface area (TPSA) is 37.4 Å². The molecule has 0 saturated carbocycles. The predicted molar refractivity (Wildman–Crippen MR) is 77.3 cm³/mol. The molecule has 1 saturated heterocycles. The summed E-state index contributed by atoms with van der Waals surface area (Å²) in [4.78, 5) is 6.67. The van der Waals surface area contributed by atoms with Crippen LogP contribution in [0.5, 0.6) is 5.88 Å². The molecule has 106 valence electrons. The number of ether oxygens (including phenoxy) is 1. The van der Waals surface area contributed by atoms with E-state index in [0.29, 0.717) is 17.8 Å². The van der Waals surface area contributed by atoms with Crippen LogP contribution in [0.2, 0.25) is 0 Å². The molecular formula is C15H25N3O. The number of nitrogens with zero attached hydrogens (tertiary/aromatic N) is 2. The summed E-state index contributed by atoms with van der Waals surface area (Å²) in [6, 6.07) is 4.78. The van der Waals surface area contributed by atoms with Gasteiger partial charge in [0.25, 0.3) is 0 Å². The maximum Gasteiger partial charge on any atom is 0.213 e. The molecule has 4 heteroatoms. The van der Waals surface area contributed by atoms with E-state index >= 15 is 0 Å². The van der Waals surface area contributed by atoms with Crippen LogP contribution < -0.4 is 10.1 Å². The third-order valence-corrected chi connectivity index (χ3v) is 3.87. The molecule has 0 radical (unpaired) electrons. The molecule has 4 nitrogen and oxygen atoms in total. The van der Waals surface area contributed by atoms with Crippen LogP contribution in [0.1, 0.15) is 25.8 Å². The van der Waals surface area contributed by atoms with E-state index < -0.39 is 0 Å². The fourth-order valence-corrected chi connectivity index (χ4v) is 2.86. The second kappa shape index (κ2) is 6.87. The molecule has 1 aromatic heterocycles. The van der Waals surface area contributed by atoms with Gasteiger partial charge in [0, 0.05) is 31.4 Å². The predicted octanol–water partition coefficient (Wildman–Crippen LogP) is 1.91. The summed E-state index contributed by atoms with van der Waals surface area (Å²) in [5.41, 5.74) is 1.28. The maximum absolute atomic E-state index is 5.17. The van der Waals surface area contributed by atoms with Gasteiger partial charge in [0.15, 0.2) is 0 Å². The van der Waals surface area contributed by atoms with E-state index in [1.54, 1.807) is 7.11 Å². The van der Waals surface area contributed by atoms with Crippen LogP contribution in [-0.4, -0.2) is 42.7 Å². The summed E-state index contributed by atoms with van der Waals surface area (Å²) in [5, 5.41) is 3.58. The van der Waals surface area contributed by atoms with Crippen molar-refractivity contribution in [3.63, 3.8) is 0 Å². The molecule has 0 aromatic carbocycles. The van der Waals surface area contributed by atoms with Crippen LogP contribution in [0.3, 0.4) is 0 Å². The number of likely N-dealkylation sites (tertiary alicyclic amines) is 1. The lowest BCUT2D eigenvalue weighted by Crippen LogP contribution is -2.47. The summed E-state index contributed by atoms with van der Waals surface area (Å²) in [5.74, 6) is 1.41. The quantitative estimate of drug-likeness (QED) is 0.880. The third kappa shape index (κ3) is 3.91. The monoisotopic (exact) mass is 263 g/mol. The van der Waals surface area contributed by atoms with Gasteiger partial charge in [0.05, 0.1) is 7.11 Å². The number of nitrogens with one attached hydrogen (secondary N) is 1. The highest BCUT2D eigenvalue weighted by atomic mass is 16.5. The zero-order chi connectivity index (χ0) is 13.7. The Labute approximate surface area is 116 Å². The first-order chi connectivity index (χ1) is 9.22. The van der Waals surface area contributed by atoms with E-state index in [1.165, 1.54) is 12.0 Å². The third-order valence-electron chi connectivity index (χ3n) is 3.87. The van der Waals surface area contributed by atoms with E-state index in [-0.39, 0.29) is 0 Å². The zero-order valence-corrected chi connectivity index (χ0v) is 12.2. The van der Waals surface area contributed by atoms with Gasteiger partial charge < -0.3 is 10.1 Å². The van der Waals surface area contributed by atoms with Crippen LogP contribution in [-0.2, 0) is 6.54 Å². The molecule has 2 unspecified atom stereocenters. The number of pyridine rings is 1. The Morgan fingerprint density at radius 2 is 2.37 bits per heavy atom. The molecule has 1 aliphatic heterocycles. The number of piperidine rings is 1. The van der Waals surface area contributed by atoms with Crippen molar-refractivity contribution in [1.29, 1.82) is 0 Å². The Hall–Kier alpha value is -1.13. The van der Waals surface area contributed by atoms with E-state index in [1.807, 2.05) is 12.3 Å². The highest BCUT2D eigenvalue weighted by Crippen LogP contribution is 2.19.